The number of phenols is 1. The van der Waals surface area contributed by atoms with Crippen molar-refractivity contribution in [3.63, 3.8) is 0 Å². The van der Waals surface area contributed by atoms with Crippen molar-refractivity contribution in [1.29, 1.82) is 0 Å². The molecule has 21 heavy (non-hydrogen) atoms. The van der Waals surface area contributed by atoms with E-state index >= 15 is 0 Å². The zero-order valence-electron chi connectivity index (χ0n) is 12.0. The predicted molar refractivity (Wildman–Crippen MR) is 75.3 cm³/mol. The summed E-state index contributed by atoms with van der Waals surface area (Å²) in [5.41, 5.74) is -0.885. The molecule has 1 aromatic rings. The van der Waals surface area contributed by atoms with Crippen LogP contribution in [-0.4, -0.2) is 34.2 Å². The molecule has 7 heteroatoms. The molecule has 114 valence electrons. The molecule has 0 spiro atoms. The second-order valence-electron chi connectivity index (χ2n) is 5.70. The van der Waals surface area contributed by atoms with E-state index in [0.29, 0.717) is 19.4 Å². The highest BCUT2D eigenvalue weighted by Gasteiger charge is 2.30. The highest BCUT2D eigenvalue weighted by atomic mass is 16.6. The molecule has 1 saturated heterocycles. The zero-order chi connectivity index (χ0) is 15.6. The third-order valence-corrected chi connectivity index (χ3v) is 3.49. The summed E-state index contributed by atoms with van der Waals surface area (Å²) in [6.45, 7) is 4.42. The minimum atomic E-state index is -0.719. The number of carbonyl (C=O) groups is 1. The van der Waals surface area contributed by atoms with Crippen molar-refractivity contribution >= 4 is 11.6 Å². The molecule has 2 N–H and O–H groups in total. The van der Waals surface area contributed by atoms with E-state index in [-0.39, 0.29) is 17.2 Å². The van der Waals surface area contributed by atoms with Crippen molar-refractivity contribution in [2.75, 3.05) is 6.61 Å². The molecular weight excluding hydrogens is 276 g/mol. The number of hydrogen-bond acceptors (Lipinski definition) is 5. The van der Waals surface area contributed by atoms with Crippen LogP contribution in [0.3, 0.4) is 0 Å². The van der Waals surface area contributed by atoms with Gasteiger partial charge in [0.05, 0.1) is 16.1 Å². The number of phenolic OH excluding ortho intramolecular Hbond substituents is 1. The number of nitrogens with one attached hydrogen (secondary N) is 1. The lowest BCUT2D eigenvalue weighted by atomic mass is 9.93. The van der Waals surface area contributed by atoms with Crippen LogP contribution in [0.4, 0.5) is 5.69 Å². The van der Waals surface area contributed by atoms with Gasteiger partial charge in [0.1, 0.15) is 0 Å². The number of aromatic hydroxyl groups is 1. The van der Waals surface area contributed by atoms with Gasteiger partial charge in [0.2, 0.25) is 5.75 Å². The molecule has 1 aliphatic rings. The first kappa shape index (κ1) is 15.2. The molecular formula is C14H18N2O5. The number of para-hydroxylation sites is 1. The van der Waals surface area contributed by atoms with Crippen molar-refractivity contribution in [3.8, 4) is 5.75 Å². The summed E-state index contributed by atoms with van der Waals surface area (Å²) in [5.74, 6) is -1.12. The summed E-state index contributed by atoms with van der Waals surface area (Å²) in [6.07, 6.45) is 1.32. The van der Waals surface area contributed by atoms with Gasteiger partial charge in [0, 0.05) is 18.7 Å². The third-order valence-electron chi connectivity index (χ3n) is 3.49. The number of nitrogens with zero attached hydrogens (tertiary/aromatic N) is 1. The number of carbonyl (C=O) groups excluding carboxylic acids is 1. The highest BCUT2D eigenvalue weighted by molar-refractivity contribution is 5.98. The maximum atomic E-state index is 12.2. The van der Waals surface area contributed by atoms with E-state index in [4.69, 9.17) is 4.74 Å². The van der Waals surface area contributed by atoms with Crippen LogP contribution in [0.25, 0.3) is 0 Å². The SMILES string of the molecule is CC1(C)CC(NC(=O)c2cccc([N+](=O)[O-])c2O)CCO1. The number of rotatable bonds is 3. The van der Waals surface area contributed by atoms with Crippen LogP contribution in [0.5, 0.6) is 5.75 Å². The maximum Gasteiger partial charge on any atom is 0.311 e. The van der Waals surface area contributed by atoms with Crippen LogP contribution >= 0.6 is 0 Å². The van der Waals surface area contributed by atoms with Crippen LogP contribution in [0.2, 0.25) is 0 Å². The Morgan fingerprint density at radius 1 is 1.52 bits per heavy atom. The Bertz CT molecular complexity index is 570. The van der Waals surface area contributed by atoms with E-state index in [9.17, 15) is 20.0 Å². The number of amides is 1. The van der Waals surface area contributed by atoms with Crippen molar-refractivity contribution in [1.82, 2.24) is 5.32 Å². The summed E-state index contributed by atoms with van der Waals surface area (Å²) < 4.78 is 5.57. The van der Waals surface area contributed by atoms with Crippen molar-refractivity contribution < 1.29 is 19.6 Å². The van der Waals surface area contributed by atoms with Crippen molar-refractivity contribution in [2.24, 2.45) is 0 Å². The highest BCUT2D eigenvalue weighted by Crippen LogP contribution is 2.30. The standard InChI is InChI=1S/C14H18N2O5/c1-14(2)8-9(6-7-21-14)15-13(18)10-4-3-5-11(12(10)17)16(19)20/h3-5,9,17H,6-8H2,1-2H3,(H,15,18). The van der Waals surface area contributed by atoms with E-state index in [2.05, 4.69) is 5.32 Å². The molecule has 7 nitrogen and oxygen atoms in total. The molecule has 0 aromatic heterocycles. The first-order chi connectivity index (χ1) is 9.80. The van der Waals surface area contributed by atoms with Gasteiger partial charge in [-0.15, -0.1) is 0 Å². The van der Waals surface area contributed by atoms with Gasteiger partial charge in [0.15, 0.2) is 0 Å². The van der Waals surface area contributed by atoms with Gasteiger partial charge in [-0.3, -0.25) is 14.9 Å². The Hall–Kier alpha value is -2.15. The first-order valence-electron chi connectivity index (χ1n) is 6.71. The number of hydrogen-bond donors (Lipinski definition) is 2. The Morgan fingerprint density at radius 2 is 2.24 bits per heavy atom. The molecule has 1 atom stereocenters. The number of nitro benzene ring substituents is 1. The summed E-state index contributed by atoms with van der Waals surface area (Å²) in [7, 11) is 0. The second kappa shape index (κ2) is 5.69. The average molecular weight is 294 g/mol. The van der Waals surface area contributed by atoms with E-state index < -0.39 is 22.3 Å². The average Bonchev–Trinajstić information content (AvgIpc) is 2.37. The quantitative estimate of drug-likeness (QED) is 0.655. The Morgan fingerprint density at radius 3 is 2.86 bits per heavy atom. The molecule has 1 fully saturated rings. The fraction of sp³-hybridized carbons (Fsp3) is 0.500. The summed E-state index contributed by atoms with van der Waals surface area (Å²) in [6, 6.07) is 3.81. The van der Waals surface area contributed by atoms with Gasteiger partial charge in [-0.2, -0.15) is 0 Å². The van der Waals surface area contributed by atoms with Crippen LogP contribution in [0, 0.1) is 10.1 Å². The van der Waals surface area contributed by atoms with Gasteiger partial charge in [-0.25, -0.2) is 0 Å². The molecule has 1 unspecified atom stereocenters. The lowest BCUT2D eigenvalue weighted by molar-refractivity contribution is -0.385. The summed E-state index contributed by atoms with van der Waals surface area (Å²) in [5, 5.41) is 23.4. The Labute approximate surface area is 122 Å². The van der Waals surface area contributed by atoms with Crippen molar-refractivity contribution in [2.45, 2.75) is 38.3 Å². The van der Waals surface area contributed by atoms with Crippen LogP contribution < -0.4 is 5.32 Å². The summed E-state index contributed by atoms with van der Waals surface area (Å²) >= 11 is 0. The van der Waals surface area contributed by atoms with Crippen LogP contribution in [-0.2, 0) is 4.74 Å². The smallest absolute Gasteiger partial charge is 0.311 e. The van der Waals surface area contributed by atoms with E-state index in [1.54, 1.807) is 0 Å². The normalized spacial score (nSPS) is 20.8. The third kappa shape index (κ3) is 3.49. The maximum absolute atomic E-state index is 12.2. The molecule has 1 aliphatic heterocycles. The Balaban J connectivity index is 2.14. The van der Waals surface area contributed by atoms with E-state index in [0.717, 1.165) is 6.07 Å². The van der Waals surface area contributed by atoms with E-state index in [1.165, 1.54) is 12.1 Å². The van der Waals surface area contributed by atoms with Crippen LogP contribution in [0.15, 0.2) is 18.2 Å². The van der Waals surface area contributed by atoms with Gasteiger partial charge in [-0.1, -0.05) is 6.07 Å². The number of ether oxygens (including phenoxy) is 1. The minimum absolute atomic E-state index is 0.0834. The predicted octanol–water partition coefficient (Wildman–Crippen LogP) is 1.99. The fourth-order valence-electron chi connectivity index (χ4n) is 2.48. The molecule has 0 radical (unpaired) electrons. The molecule has 0 bridgehead atoms. The largest absolute Gasteiger partial charge is 0.502 e. The topological polar surface area (TPSA) is 102 Å². The van der Waals surface area contributed by atoms with Crippen molar-refractivity contribution in [3.05, 3.63) is 33.9 Å². The summed E-state index contributed by atoms with van der Waals surface area (Å²) in [4.78, 5) is 22.2. The number of nitro groups is 1. The number of benzene rings is 1. The first-order valence-corrected chi connectivity index (χ1v) is 6.71. The molecule has 2 rings (SSSR count). The molecule has 1 amide bonds. The van der Waals surface area contributed by atoms with Gasteiger partial charge >= 0.3 is 5.69 Å². The molecule has 1 aromatic carbocycles. The molecule has 0 aliphatic carbocycles. The zero-order valence-corrected chi connectivity index (χ0v) is 12.0. The van der Waals surface area contributed by atoms with Crippen LogP contribution in [0.1, 0.15) is 37.0 Å². The van der Waals surface area contributed by atoms with Gasteiger partial charge < -0.3 is 15.2 Å². The van der Waals surface area contributed by atoms with Gasteiger partial charge in [0.25, 0.3) is 5.91 Å². The fourth-order valence-corrected chi connectivity index (χ4v) is 2.48. The lowest BCUT2D eigenvalue weighted by Crippen LogP contribution is -2.45. The van der Waals surface area contributed by atoms with E-state index in [1.807, 2.05) is 13.8 Å². The monoisotopic (exact) mass is 294 g/mol. The lowest BCUT2D eigenvalue weighted by Gasteiger charge is -2.35. The molecule has 1 heterocycles. The minimum Gasteiger partial charge on any atom is -0.502 e. The molecule has 0 saturated carbocycles. The Kier molecular flexibility index (Phi) is 4.13. The second-order valence-corrected chi connectivity index (χ2v) is 5.70. The van der Waals surface area contributed by atoms with Gasteiger partial charge in [-0.05, 0) is 32.8 Å².